The lowest BCUT2D eigenvalue weighted by molar-refractivity contribution is -0.147. The molecule has 0 spiro atoms. The first-order valence-corrected chi connectivity index (χ1v) is 5.80. The van der Waals surface area contributed by atoms with E-state index in [2.05, 4.69) is 0 Å². The van der Waals surface area contributed by atoms with Crippen LogP contribution in [-0.2, 0) is 19.1 Å². The normalized spacial score (nSPS) is 19.8. The summed E-state index contributed by atoms with van der Waals surface area (Å²) in [6, 6.07) is -0.744. The predicted octanol–water partition coefficient (Wildman–Crippen LogP) is -1.43. The molecule has 7 nitrogen and oxygen atoms in total. The SMILES string of the molecule is COCCC(=O)N1CCN(C(C)=O)C[C@@H]1C(N)=O. The van der Waals surface area contributed by atoms with E-state index in [-0.39, 0.29) is 24.8 Å². The molecule has 1 rings (SSSR count). The van der Waals surface area contributed by atoms with E-state index >= 15 is 0 Å². The molecule has 1 atom stereocenters. The number of carbonyl (C=O) groups excluding carboxylic acids is 3. The van der Waals surface area contributed by atoms with E-state index in [4.69, 9.17) is 10.5 Å². The Morgan fingerprint density at radius 1 is 1.33 bits per heavy atom. The average molecular weight is 257 g/mol. The van der Waals surface area contributed by atoms with Gasteiger partial charge in [-0.1, -0.05) is 0 Å². The number of nitrogens with zero attached hydrogens (tertiary/aromatic N) is 2. The van der Waals surface area contributed by atoms with Crippen molar-refractivity contribution in [2.45, 2.75) is 19.4 Å². The Hall–Kier alpha value is -1.63. The quantitative estimate of drug-likeness (QED) is 0.668. The van der Waals surface area contributed by atoms with Gasteiger partial charge in [-0.15, -0.1) is 0 Å². The Bertz CT molecular complexity index is 345. The van der Waals surface area contributed by atoms with E-state index in [1.165, 1.54) is 23.8 Å². The fraction of sp³-hybridized carbons (Fsp3) is 0.727. The molecule has 1 heterocycles. The largest absolute Gasteiger partial charge is 0.384 e. The van der Waals surface area contributed by atoms with Crippen molar-refractivity contribution in [3.05, 3.63) is 0 Å². The molecular formula is C11H19N3O4. The lowest BCUT2D eigenvalue weighted by Crippen LogP contribution is -2.60. The zero-order chi connectivity index (χ0) is 13.7. The van der Waals surface area contributed by atoms with Crippen molar-refractivity contribution in [1.82, 2.24) is 9.80 Å². The summed E-state index contributed by atoms with van der Waals surface area (Å²) in [5.74, 6) is -0.888. The maximum Gasteiger partial charge on any atom is 0.242 e. The van der Waals surface area contributed by atoms with Gasteiger partial charge in [-0.3, -0.25) is 14.4 Å². The highest BCUT2D eigenvalue weighted by Crippen LogP contribution is 2.11. The molecule has 1 fully saturated rings. The van der Waals surface area contributed by atoms with Gasteiger partial charge in [0.15, 0.2) is 0 Å². The van der Waals surface area contributed by atoms with Crippen LogP contribution in [0.2, 0.25) is 0 Å². The van der Waals surface area contributed by atoms with Crippen LogP contribution in [0, 0.1) is 0 Å². The Morgan fingerprint density at radius 2 is 2.00 bits per heavy atom. The zero-order valence-corrected chi connectivity index (χ0v) is 10.7. The van der Waals surface area contributed by atoms with Gasteiger partial charge >= 0.3 is 0 Å². The monoisotopic (exact) mass is 257 g/mol. The van der Waals surface area contributed by atoms with E-state index in [0.29, 0.717) is 19.7 Å². The molecule has 0 aromatic heterocycles. The minimum absolute atomic E-state index is 0.120. The predicted molar refractivity (Wildman–Crippen MR) is 63.4 cm³/mol. The molecule has 0 aromatic carbocycles. The Labute approximate surface area is 106 Å². The van der Waals surface area contributed by atoms with Crippen LogP contribution in [-0.4, -0.2) is 66.9 Å². The van der Waals surface area contributed by atoms with Crippen LogP contribution in [0.1, 0.15) is 13.3 Å². The molecule has 2 N–H and O–H groups in total. The van der Waals surface area contributed by atoms with Crippen LogP contribution in [0.5, 0.6) is 0 Å². The second kappa shape index (κ2) is 6.34. The highest BCUT2D eigenvalue weighted by molar-refractivity contribution is 5.88. The van der Waals surface area contributed by atoms with Gasteiger partial charge in [0.05, 0.1) is 19.6 Å². The summed E-state index contributed by atoms with van der Waals surface area (Å²) in [6.07, 6.45) is 0.209. The van der Waals surface area contributed by atoms with Gasteiger partial charge in [0.2, 0.25) is 17.7 Å². The summed E-state index contributed by atoms with van der Waals surface area (Å²) in [7, 11) is 1.51. The number of amides is 3. The van der Waals surface area contributed by atoms with Crippen LogP contribution in [0.25, 0.3) is 0 Å². The van der Waals surface area contributed by atoms with E-state index in [9.17, 15) is 14.4 Å². The van der Waals surface area contributed by atoms with Crippen LogP contribution >= 0.6 is 0 Å². The van der Waals surface area contributed by atoms with Crippen molar-refractivity contribution in [3.63, 3.8) is 0 Å². The Balaban J connectivity index is 2.70. The van der Waals surface area contributed by atoms with Crippen molar-refractivity contribution < 1.29 is 19.1 Å². The molecule has 0 saturated carbocycles. The third kappa shape index (κ3) is 3.43. The first-order chi connectivity index (χ1) is 8.47. The Kier molecular flexibility index (Phi) is 5.08. The summed E-state index contributed by atoms with van der Waals surface area (Å²) in [5.41, 5.74) is 5.28. The van der Waals surface area contributed by atoms with Gasteiger partial charge in [-0.05, 0) is 0 Å². The molecule has 102 valence electrons. The summed E-state index contributed by atoms with van der Waals surface area (Å²) in [6.45, 7) is 2.66. The highest BCUT2D eigenvalue weighted by Gasteiger charge is 2.34. The third-order valence-corrected chi connectivity index (χ3v) is 2.99. The van der Waals surface area contributed by atoms with Crippen LogP contribution in [0.4, 0.5) is 0 Å². The van der Waals surface area contributed by atoms with E-state index in [1.54, 1.807) is 0 Å². The number of methoxy groups -OCH3 is 1. The molecule has 0 radical (unpaired) electrons. The van der Waals surface area contributed by atoms with E-state index in [0.717, 1.165) is 0 Å². The van der Waals surface area contributed by atoms with Crippen molar-refractivity contribution in [2.75, 3.05) is 33.4 Å². The molecule has 18 heavy (non-hydrogen) atoms. The van der Waals surface area contributed by atoms with Gasteiger partial charge in [-0.2, -0.15) is 0 Å². The van der Waals surface area contributed by atoms with E-state index < -0.39 is 11.9 Å². The van der Waals surface area contributed by atoms with E-state index in [1.807, 2.05) is 0 Å². The number of rotatable bonds is 4. The molecular weight excluding hydrogens is 238 g/mol. The van der Waals surface area contributed by atoms with Crippen LogP contribution < -0.4 is 5.73 Å². The second-order valence-corrected chi connectivity index (χ2v) is 4.21. The zero-order valence-electron chi connectivity index (χ0n) is 10.7. The molecule has 1 aliphatic heterocycles. The molecule has 7 heteroatoms. The first kappa shape index (κ1) is 14.4. The summed E-state index contributed by atoms with van der Waals surface area (Å²) >= 11 is 0. The maximum absolute atomic E-state index is 11.9. The average Bonchev–Trinajstić information content (AvgIpc) is 2.34. The van der Waals surface area contributed by atoms with Crippen molar-refractivity contribution in [2.24, 2.45) is 5.73 Å². The minimum atomic E-state index is -0.744. The maximum atomic E-state index is 11.9. The highest BCUT2D eigenvalue weighted by atomic mass is 16.5. The van der Waals surface area contributed by atoms with Crippen molar-refractivity contribution >= 4 is 17.7 Å². The molecule has 3 amide bonds. The van der Waals surface area contributed by atoms with Gasteiger partial charge in [0, 0.05) is 27.1 Å². The third-order valence-electron chi connectivity index (χ3n) is 2.99. The Morgan fingerprint density at radius 3 is 2.50 bits per heavy atom. The number of nitrogens with two attached hydrogens (primary N) is 1. The molecule has 1 aliphatic rings. The number of hydrogen-bond donors (Lipinski definition) is 1. The summed E-state index contributed by atoms with van der Waals surface area (Å²) < 4.78 is 4.83. The smallest absolute Gasteiger partial charge is 0.242 e. The lowest BCUT2D eigenvalue weighted by Gasteiger charge is -2.39. The summed E-state index contributed by atoms with van der Waals surface area (Å²) in [4.78, 5) is 37.5. The van der Waals surface area contributed by atoms with Gasteiger partial charge in [-0.25, -0.2) is 0 Å². The van der Waals surface area contributed by atoms with Crippen molar-refractivity contribution in [3.8, 4) is 0 Å². The minimum Gasteiger partial charge on any atom is -0.384 e. The molecule has 0 unspecified atom stereocenters. The number of ether oxygens (including phenoxy) is 1. The molecule has 0 aliphatic carbocycles. The lowest BCUT2D eigenvalue weighted by atomic mass is 10.1. The molecule has 0 bridgehead atoms. The standard InChI is InChI=1S/C11H19N3O4/c1-8(15)13-4-5-14(9(7-13)11(12)17)10(16)3-6-18-2/h9H,3-7H2,1-2H3,(H2,12,17)/t9-/m1/s1. The number of carbonyl (C=O) groups is 3. The van der Waals surface area contributed by atoms with Crippen molar-refractivity contribution in [1.29, 1.82) is 0 Å². The van der Waals surface area contributed by atoms with Crippen LogP contribution in [0.3, 0.4) is 0 Å². The summed E-state index contributed by atoms with van der Waals surface area (Å²) in [5, 5.41) is 0. The van der Waals surface area contributed by atoms with Crippen LogP contribution in [0.15, 0.2) is 0 Å². The van der Waals surface area contributed by atoms with Gasteiger partial charge in [0.1, 0.15) is 6.04 Å². The fourth-order valence-electron chi connectivity index (χ4n) is 1.94. The first-order valence-electron chi connectivity index (χ1n) is 5.80. The number of primary amides is 1. The molecule has 1 saturated heterocycles. The number of hydrogen-bond acceptors (Lipinski definition) is 4. The number of piperazine rings is 1. The second-order valence-electron chi connectivity index (χ2n) is 4.21. The van der Waals surface area contributed by atoms with Gasteiger partial charge < -0.3 is 20.3 Å². The van der Waals surface area contributed by atoms with Gasteiger partial charge in [0.25, 0.3) is 0 Å². The topological polar surface area (TPSA) is 92.9 Å². The fourth-order valence-corrected chi connectivity index (χ4v) is 1.94. The molecule has 0 aromatic rings.